The molecule has 2 rings (SSSR count). The van der Waals surface area contributed by atoms with E-state index in [4.69, 9.17) is 4.74 Å². The van der Waals surface area contributed by atoms with E-state index >= 15 is 0 Å². The summed E-state index contributed by atoms with van der Waals surface area (Å²) in [7, 11) is 1.70. The van der Waals surface area contributed by atoms with Crippen LogP contribution < -0.4 is 15.4 Å². The van der Waals surface area contributed by atoms with Gasteiger partial charge in [-0.25, -0.2) is 8.78 Å². The van der Waals surface area contributed by atoms with E-state index in [0.29, 0.717) is 30.8 Å². The number of benzene rings is 1. The fourth-order valence-corrected chi connectivity index (χ4v) is 2.83. The van der Waals surface area contributed by atoms with Crippen molar-refractivity contribution in [2.75, 3.05) is 26.7 Å². The molecule has 1 aromatic carbocycles. The van der Waals surface area contributed by atoms with Crippen LogP contribution in [0.25, 0.3) is 0 Å². The van der Waals surface area contributed by atoms with Gasteiger partial charge in [0.2, 0.25) is 0 Å². The molecular formula is C17H22F2IN3OS. The van der Waals surface area contributed by atoms with Gasteiger partial charge in [-0.2, -0.15) is 0 Å². The van der Waals surface area contributed by atoms with Crippen molar-refractivity contribution in [3.63, 3.8) is 0 Å². The van der Waals surface area contributed by atoms with Crippen LogP contribution in [0.4, 0.5) is 8.78 Å². The second-order valence-electron chi connectivity index (χ2n) is 5.22. The predicted molar refractivity (Wildman–Crippen MR) is 109 cm³/mol. The van der Waals surface area contributed by atoms with Crippen molar-refractivity contribution in [2.24, 2.45) is 4.99 Å². The molecule has 8 heteroatoms. The van der Waals surface area contributed by atoms with Crippen molar-refractivity contribution >= 4 is 41.3 Å². The molecule has 0 spiro atoms. The monoisotopic (exact) mass is 481 g/mol. The number of nitrogens with one attached hydrogen (secondary N) is 2. The first kappa shape index (κ1) is 21.6. The van der Waals surface area contributed by atoms with E-state index in [2.05, 4.69) is 34.0 Å². The van der Waals surface area contributed by atoms with Gasteiger partial charge in [-0.1, -0.05) is 13.0 Å². The maximum atomic E-state index is 13.1. The summed E-state index contributed by atoms with van der Waals surface area (Å²) in [4.78, 5) is 5.46. The number of hydrogen-bond acceptors (Lipinski definition) is 3. The minimum absolute atomic E-state index is 0. The van der Waals surface area contributed by atoms with Crippen molar-refractivity contribution in [3.05, 3.63) is 52.2 Å². The molecule has 0 aliphatic heterocycles. The van der Waals surface area contributed by atoms with Crippen LogP contribution in [0.5, 0.6) is 5.75 Å². The molecule has 0 fully saturated rings. The van der Waals surface area contributed by atoms with Crippen LogP contribution >= 0.6 is 35.3 Å². The van der Waals surface area contributed by atoms with Crippen molar-refractivity contribution in [1.29, 1.82) is 0 Å². The van der Waals surface area contributed by atoms with Gasteiger partial charge < -0.3 is 15.4 Å². The van der Waals surface area contributed by atoms with E-state index < -0.39 is 11.6 Å². The van der Waals surface area contributed by atoms with Crippen molar-refractivity contribution in [2.45, 2.75) is 12.8 Å². The molecule has 138 valence electrons. The summed E-state index contributed by atoms with van der Waals surface area (Å²) in [6, 6.07) is 7.63. The highest BCUT2D eigenvalue weighted by atomic mass is 127. The standard InChI is InChI=1S/C17H21F2N3OS.HI/c1-12(16-4-3-9-24-16)11-22-17(20-2)21-7-8-23-13-5-6-14(18)15(19)10-13;/h3-6,9-10,12H,7-8,11H2,1-2H3,(H2,20,21,22);1H. The predicted octanol–water partition coefficient (Wildman–Crippen LogP) is 3.99. The SMILES string of the molecule is CN=C(NCCOc1ccc(F)c(F)c1)NCC(C)c1cccs1.I. The average Bonchev–Trinajstić information content (AvgIpc) is 3.11. The second kappa shape index (κ2) is 11.2. The highest BCUT2D eigenvalue weighted by Gasteiger charge is 2.07. The summed E-state index contributed by atoms with van der Waals surface area (Å²) in [5.41, 5.74) is 0. The Morgan fingerprint density at radius 3 is 2.68 bits per heavy atom. The van der Waals surface area contributed by atoms with Crippen LogP contribution in [-0.4, -0.2) is 32.7 Å². The lowest BCUT2D eigenvalue weighted by Gasteiger charge is -2.15. The minimum Gasteiger partial charge on any atom is -0.492 e. The summed E-state index contributed by atoms with van der Waals surface area (Å²) in [5.74, 6) is -0.440. The molecule has 0 saturated carbocycles. The van der Waals surface area contributed by atoms with Gasteiger partial charge in [0.1, 0.15) is 12.4 Å². The molecule has 2 N–H and O–H groups in total. The molecule has 0 saturated heterocycles. The Morgan fingerprint density at radius 2 is 2.04 bits per heavy atom. The third-order valence-electron chi connectivity index (χ3n) is 3.38. The Labute approximate surface area is 167 Å². The summed E-state index contributed by atoms with van der Waals surface area (Å²) >= 11 is 1.73. The number of nitrogens with zero attached hydrogens (tertiary/aromatic N) is 1. The summed E-state index contributed by atoms with van der Waals surface area (Å²) < 4.78 is 31.3. The third-order valence-corrected chi connectivity index (χ3v) is 4.49. The number of thiophene rings is 1. The van der Waals surface area contributed by atoms with Crippen molar-refractivity contribution in [3.8, 4) is 5.75 Å². The van der Waals surface area contributed by atoms with Gasteiger partial charge >= 0.3 is 0 Å². The van der Waals surface area contributed by atoms with Crippen LogP contribution in [0, 0.1) is 11.6 Å². The van der Waals surface area contributed by atoms with E-state index in [0.717, 1.165) is 18.7 Å². The van der Waals surface area contributed by atoms with Crippen LogP contribution in [0.2, 0.25) is 0 Å². The number of halogens is 3. The van der Waals surface area contributed by atoms with Crippen LogP contribution in [0.3, 0.4) is 0 Å². The molecule has 0 aliphatic rings. The zero-order valence-corrected chi connectivity index (χ0v) is 17.2. The Kier molecular flexibility index (Phi) is 9.73. The van der Waals surface area contributed by atoms with Crippen LogP contribution in [0.1, 0.15) is 17.7 Å². The van der Waals surface area contributed by atoms with Gasteiger partial charge in [-0.15, -0.1) is 35.3 Å². The quantitative estimate of drug-likeness (QED) is 0.272. The number of aliphatic imine (C=N–C) groups is 1. The smallest absolute Gasteiger partial charge is 0.191 e. The summed E-state index contributed by atoms with van der Waals surface area (Å²) in [5, 5.41) is 8.43. The molecule has 1 aromatic heterocycles. The molecule has 4 nitrogen and oxygen atoms in total. The first-order chi connectivity index (χ1) is 11.6. The second-order valence-corrected chi connectivity index (χ2v) is 6.20. The molecule has 1 unspecified atom stereocenters. The molecule has 25 heavy (non-hydrogen) atoms. The highest BCUT2D eigenvalue weighted by Crippen LogP contribution is 2.19. The molecule has 0 amide bonds. The Balaban J connectivity index is 0.00000312. The molecule has 0 aliphatic carbocycles. The maximum absolute atomic E-state index is 13.1. The lowest BCUT2D eigenvalue weighted by molar-refractivity contribution is 0.318. The minimum atomic E-state index is -0.916. The summed E-state index contributed by atoms with van der Waals surface area (Å²) in [6.45, 7) is 3.72. The zero-order valence-electron chi connectivity index (χ0n) is 14.1. The Bertz CT molecular complexity index is 668. The molecule has 1 atom stereocenters. The average molecular weight is 481 g/mol. The third kappa shape index (κ3) is 7.15. The Morgan fingerprint density at radius 1 is 1.24 bits per heavy atom. The van der Waals surface area contributed by atoms with Crippen LogP contribution in [-0.2, 0) is 0 Å². The Hall–Kier alpha value is -1.42. The largest absolute Gasteiger partial charge is 0.492 e. The summed E-state index contributed by atoms with van der Waals surface area (Å²) in [6.07, 6.45) is 0. The number of hydrogen-bond donors (Lipinski definition) is 2. The highest BCUT2D eigenvalue weighted by molar-refractivity contribution is 14.0. The number of ether oxygens (including phenoxy) is 1. The lowest BCUT2D eigenvalue weighted by Crippen LogP contribution is -2.40. The van der Waals surface area contributed by atoms with Crippen molar-refractivity contribution in [1.82, 2.24) is 10.6 Å². The van der Waals surface area contributed by atoms with E-state index in [-0.39, 0.29) is 24.0 Å². The first-order valence-electron chi connectivity index (χ1n) is 7.66. The maximum Gasteiger partial charge on any atom is 0.191 e. The van der Waals surface area contributed by atoms with Crippen molar-refractivity contribution < 1.29 is 13.5 Å². The normalized spacial score (nSPS) is 12.2. The number of rotatable bonds is 7. The molecular weight excluding hydrogens is 459 g/mol. The lowest BCUT2D eigenvalue weighted by atomic mass is 10.1. The fraction of sp³-hybridized carbons (Fsp3) is 0.353. The van der Waals surface area contributed by atoms with Crippen LogP contribution in [0.15, 0.2) is 40.7 Å². The fourth-order valence-electron chi connectivity index (χ4n) is 2.05. The topological polar surface area (TPSA) is 45.7 Å². The molecule has 2 aromatic rings. The van der Waals surface area contributed by atoms with E-state index in [1.807, 2.05) is 6.07 Å². The van der Waals surface area contributed by atoms with Gasteiger partial charge in [0.05, 0.1) is 6.54 Å². The first-order valence-corrected chi connectivity index (χ1v) is 8.54. The number of guanidine groups is 1. The van der Waals surface area contributed by atoms with Gasteiger partial charge in [0.25, 0.3) is 0 Å². The van der Waals surface area contributed by atoms with Gasteiger partial charge in [0, 0.05) is 30.5 Å². The molecule has 0 bridgehead atoms. The van der Waals surface area contributed by atoms with Gasteiger partial charge in [-0.3, -0.25) is 4.99 Å². The van der Waals surface area contributed by atoms with E-state index in [9.17, 15) is 8.78 Å². The van der Waals surface area contributed by atoms with Gasteiger partial charge in [0.15, 0.2) is 17.6 Å². The molecule has 1 heterocycles. The zero-order chi connectivity index (χ0) is 17.4. The molecule has 0 radical (unpaired) electrons. The van der Waals surface area contributed by atoms with E-state index in [1.165, 1.54) is 10.9 Å². The van der Waals surface area contributed by atoms with E-state index in [1.54, 1.807) is 18.4 Å². The van der Waals surface area contributed by atoms with Gasteiger partial charge in [-0.05, 0) is 23.6 Å².